The van der Waals surface area contributed by atoms with Crippen molar-refractivity contribution >= 4 is 29.2 Å². The summed E-state index contributed by atoms with van der Waals surface area (Å²) in [5, 5.41) is 0.756. The number of methoxy groups -OCH3 is 1. The molecule has 4 rings (SSSR count). The predicted molar refractivity (Wildman–Crippen MR) is 116 cm³/mol. The zero-order valence-corrected chi connectivity index (χ0v) is 16.9. The Balaban J connectivity index is 1.61. The number of hydrogen-bond acceptors (Lipinski definition) is 3. The van der Waals surface area contributed by atoms with Crippen LogP contribution in [-0.2, 0) is 12.8 Å². The molecule has 0 aromatic heterocycles. The molecule has 138 valence electrons. The fraction of sp³-hybridized carbons (Fsp3) is 0.217. The van der Waals surface area contributed by atoms with Gasteiger partial charge in [0.2, 0.25) is 0 Å². The van der Waals surface area contributed by atoms with Crippen LogP contribution in [0.3, 0.4) is 0 Å². The van der Waals surface area contributed by atoms with E-state index < -0.39 is 0 Å². The first-order valence-corrected chi connectivity index (χ1v) is 10.4. The molecule has 0 bridgehead atoms. The zero-order chi connectivity index (χ0) is 18.6. The number of anilines is 1. The van der Waals surface area contributed by atoms with E-state index in [4.69, 9.17) is 16.3 Å². The van der Waals surface area contributed by atoms with E-state index in [9.17, 15) is 0 Å². The largest absolute Gasteiger partial charge is 0.496 e. The van der Waals surface area contributed by atoms with Crippen molar-refractivity contribution in [2.45, 2.75) is 30.6 Å². The third-order valence-electron chi connectivity index (χ3n) is 5.02. The maximum absolute atomic E-state index is 6.04. The molecular weight excluding hydrogens is 374 g/mol. The van der Waals surface area contributed by atoms with Gasteiger partial charge in [0.25, 0.3) is 0 Å². The first-order valence-electron chi connectivity index (χ1n) is 9.23. The van der Waals surface area contributed by atoms with E-state index >= 15 is 0 Å². The molecule has 0 amide bonds. The first kappa shape index (κ1) is 18.3. The highest BCUT2D eigenvalue weighted by Crippen LogP contribution is 2.38. The lowest BCUT2D eigenvalue weighted by molar-refractivity contribution is 0.406. The molecule has 1 N–H and O–H groups in total. The number of nitrogens with one attached hydrogen (secondary N) is 1. The van der Waals surface area contributed by atoms with Crippen LogP contribution in [0.1, 0.15) is 24.0 Å². The van der Waals surface area contributed by atoms with Gasteiger partial charge in [-0.2, -0.15) is 0 Å². The first-order chi connectivity index (χ1) is 13.3. The van der Waals surface area contributed by atoms with Gasteiger partial charge in [-0.1, -0.05) is 41.9 Å². The Hall–Kier alpha value is -2.10. The molecule has 0 radical (unpaired) electrons. The summed E-state index contributed by atoms with van der Waals surface area (Å²) in [6.07, 6.45) is 4.68. The Morgan fingerprint density at radius 1 is 0.889 bits per heavy atom. The predicted octanol–water partition coefficient (Wildman–Crippen LogP) is 7.01. The second-order valence-electron chi connectivity index (χ2n) is 6.69. The minimum absolute atomic E-state index is 0.756. The summed E-state index contributed by atoms with van der Waals surface area (Å²) in [4.78, 5) is 1.19. The van der Waals surface area contributed by atoms with Crippen LogP contribution in [-0.4, -0.2) is 7.11 Å². The standard InChI is InChI=1S/C23H22ClNOS/c1-26-22-15-14-21(19-7-2-3-8-20(19)22)25-27-23-9-5-4-6-18(23)16-10-12-17(24)13-11-16/h4-6,9-15,25H,2-3,7-8H2,1H3. The van der Waals surface area contributed by atoms with Crippen LogP contribution in [0.4, 0.5) is 5.69 Å². The monoisotopic (exact) mass is 395 g/mol. The Kier molecular flexibility index (Phi) is 5.61. The van der Waals surface area contributed by atoms with Gasteiger partial charge in [0.05, 0.1) is 7.11 Å². The quantitative estimate of drug-likeness (QED) is 0.469. The molecule has 0 atom stereocenters. The van der Waals surface area contributed by atoms with E-state index in [1.807, 2.05) is 12.1 Å². The van der Waals surface area contributed by atoms with E-state index in [1.165, 1.54) is 45.7 Å². The van der Waals surface area contributed by atoms with Crippen molar-refractivity contribution in [2.75, 3.05) is 11.8 Å². The molecule has 0 unspecified atom stereocenters. The van der Waals surface area contributed by atoms with E-state index in [-0.39, 0.29) is 0 Å². The number of fused-ring (bicyclic) bond motifs is 1. The van der Waals surface area contributed by atoms with Crippen molar-refractivity contribution in [2.24, 2.45) is 0 Å². The Morgan fingerprint density at radius 3 is 2.41 bits per heavy atom. The molecule has 0 aliphatic heterocycles. The topological polar surface area (TPSA) is 21.3 Å². The maximum atomic E-state index is 6.04. The third kappa shape index (κ3) is 3.95. The van der Waals surface area contributed by atoms with Gasteiger partial charge in [-0.15, -0.1) is 0 Å². The lowest BCUT2D eigenvalue weighted by Gasteiger charge is -2.22. The zero-order valence-electron chi connectivity index (χ0n) is 15.3. The number of hydrogen-bond donors (Lipinski definition) is 1. The van der Waals surface area contributed by atoms with Crippen LogP contribution in [0.5, 0.6) is 5.75 Å². The lowest BCUT2D eigenvalue weighted by atomic mass is 9.90. The van der Waals surface area contributed by atoms with E-state index in [2.05, 4.69) is 53.3 Å². The summed E-state index contributed by atoms with van der Waals surface area (Å²) in [6, 6.07) is 20.7. The third-order valence-corrected chi connectivity index (χ3v) is 6.17. The van der Waals surface area contributed by atoms with Crippen LogP contribution in [0.2, 0.25) is 5.02 Å². The normalized spacial score (nSPS) is 13.1. The van der Waals surface area contributed by atoms with E-state index in [0.717, 1.165) is 23.6 Å². The Bertz CT molecular complexity index is 940. The van der Waals surface area contributed by atoms with Gasteiger partial charge in [0.1, 0.15) is 5.75 Å². The van der Waals surface area contributed by atoms with Gasteiger partial charge in [0.15, 0.2) is 0 Å². The Morgan fingerprint density at radius 2 is 1.63 bits per heavy atom. The van der Waals surface area contributed by atoms with E-state index in [1.54, 1.807) is 19.1 Å². The number of halogens is 1. The van der Waals surface area contributed by atoms with Crippen LogP contribution in [0.15, 0.2) is 65.6 Å². The van der Waals surface area contributed by atoms with E-state index in [0.29, 0.717) is 0 Å². The van der Waals surface area contributed by atoms with Crippen molar-refractivity contribution in [1.29, 1.82) is 0 Å². The van der Waals surface area contributed by atoms with Gasteiger partial charge in [-0.05, 0) is 90.2 Å². The molecule has 0 spiro atoms. The van der Waals surface area contributed by atoms with Gasteiger partial charge >= 0.3 is 0 Å². The van der Waals surface area contributed by atoms with Gasteiger partial charge in [-0.3, -0.25) is 0 Å². The highest BCUT2D eigenvalue weighted by molar-refractivity contribution is 8.00. The highest BCUT2D eigenvalue weighted by atomic mass is 35.5. The molecular formula is C23H22ClNOS. The SMILES string of the molecule is COc1ccc(NSc2ccccc2-c2ccc(Cl)cc2)c2c1CCCC2. The molecule has 3 aromatic rings. The van der Waals surface area contributed by atoms with Crippen molar-refractivity contribution in [3.63, 3.8) is 0 Å². The average molecular weight is 396 g/mol. The summed E-state index contributed by atoms with van der Waals surface area (Å²) in [5.41, 5.74) is 6.33. The summed E-state index contributed by atoms with van der Waals surface area (Å²) in [5.74, 6) is 1.02. The van der Waals surface area contributed by atoms with Crippen LogP contribution < -0.4 is 9.46 Å². The second kappa shape index (κ2) is 8.28. The summed E-state index contributed by atoms with van der Waals surface area (Å²) < 4.78 is 9.17. The van der Waals surface area contributed by atoms with Crippen LogP contribution >= 0.6 is 23.5 Å². The summed E-state index contributed by atoms with van der Waals surface area (Å²) in [7, 11) is 1.76. The molecule has 3 aromatic carbocycles. The minimum Gasteiger partial charge on any atom is -0.496 e. The number of rotatable bonds is 5. The van der Waals surface area contributed by atoms with Crippen molar-refractivity contribution in [1.82, 2.24) is 0 Å². The van der Waals surface area contributed by atoms with Gasteiger partial charge < -0.3 is 9.46 Å². The van der Waals surface area contributed by atoms with Gasteiger partial charge in [0, 0.05) is 15.6 Å². The van der Waals surface area contributed by atoms with Crippen molar-refractivity contribution in [3.05, 3.63) is 76.8 Å². The molecule has 27 heavy (non-hydrogen) atoms. The van der Waals surface area contributed by atoms with Crippen molar-refractivity contribution in [3.8, 4) is 16.9 Å². The lowest BCUT2D eigenvalue weighted by Crippen LogP contribution is -2.07. The van der Waals surface area contributed by atoms with Crippen LogP contribution in [0.25, 0.3) is 11.1 Å². The number of ether oxygens (including phenoxy) is 1. The molecule has 2 nitrogen and oxygen atoms in total. The minimum atomic E-state index is 0.756. The Labute approximate surface area is 170 Å². The summed E-state index contributed by atoms with van der Waals surface area (Å²) in [6.45, 7) is 0. The molecule has 1 aliphatic rings. The fourth-order valence-electron chi connectivity index (χ4n) is 3.66. The maximum Gasteiger partial charge on any atom is 0.122 e. The molecule has 0 saturated heterocycles. The van der Waals surface area contributed by atoms with Crippen LogP contribution in [0, 0.1) is 0 Å². The fourth-order valence-corrected chi connectivity index (χ4v) is 4.63. The molecule has 0 heterocycles. The average Bonchev–Trinajstić information content (AvgIpc) is 2.73. The highest BCUT2D eigenvalue weighted by Gasteiger charge is 2.18. The molecule has 0 fully saturated rings. The smallest absolute Gasteiger partial charge is 0.122 e. The van der Waals surface area contributed by atoms with Gasteiger partial charge in [-0.25, -0.2) is 0 Å². The molecule has 4 heteroatoms. The molecule has 1 aliphatic carbocycles. The summed E-state index contributed by atoms with van der Waals surface area (Å²) >= 11 is 7.71. The number of benzene rings is 3. The van der Waals surface area contributed by atoms with Crippen molar-refractivity contribution < 1.29 is 4.74 Å². The molecule has 0 saturated carbocycles. The second-order valence-corrected chi connectivity index (χ2v) is 7.97.